The molecule has 0 unspecified atom stereocenters. The van der Waals surface area contributed by atoms with Crippen molar-refractivity contribution in [2.45, 2.75) is 19.4 Å². The van der Waals surface area contributed by atoms with Crippen LogP contribution in [0, 0.1) is 0 Å². The normalized spacial score (nSPS) is 11.3. The van der Waals surface area contributed by atoms with E-state index >= 15 is 0 Å². The maximum atomic E-state index is 12.4. The molecule has 136 valence electrons. The highest BCUT2D eigenvalue weighted by Gasteiger charge is 2.22. The van der Waals surface area contributed by atoms with Crippen LogP contribution in [-0.2, 0) is 20.7 Å². The molecular formula is C19H19BrN2O4. The Morgan fingerprint density at radius 2 is 1.65 bits per heavy atom. The lowest BCUT2D eigenvalue weighted by atomic mass is 10.1. The Balaban J connectivity index is 2.09. The summed E-state index contributed by atoms with van der Waals surface area (Å²) in [5, 5.41) is 5.32. The first-order valence-corrected chi connectivity index (χ1v) is 8.69. The number of anilines is 1. The number of nitrogens with one attached hydrogen (secondary N) is 2. The summed E-state index contributed by atoms with van der Waals surface area (Å²) in [5.41, 5.74) is 1.86. The topological polar surface area (TPSA) is 84.5 Å². The number of amides is 2. The van der Waals surface area contributed by atoms with Crippen LogP contribution in [0.25, 0.3) is 0 Å². The molecule has 0 saturated carbocycles. The fourth-order valence-electron chi connectivity index (χ4n) is 2.34. The summed E-state index contributed by atoms with van der Waals surface area (Å²) in [6.07, 6.45) is 0.315. The average Bonchev–Trinajstić information content (AvgIpc) is 2.62. The lowest BCUT2D eigenvalue weighted by Gasteiger charge is -2.17. The molecule has 2 aromatic rings. The van der Waals surface area contributed by atoms with Crippen LogP contribution < -0.4 is 10.6 Å². The van der Waals surface area contributed by atoms with Crippen molar-refractivity contribution in [3.05, 3.63) is 64.1 Å². The molecule has 7 heteroatoms. The SMILES string of the molecule is COC(=O)[C@@H](Cc1ccc(Br)cc1)NC(=O)c1ccc(NC(C)=O)cc1. The average molecular weight is 419 g/mol. The predicted molar refractivity (Wildman–Crippen MR) is 102 cm³/mol. The Morgan fingerprint density at radius 1 is 1.04 bits per heavy atom. The number of methoxy groups -OCH3 is 1. The first kappa shape index (κ1) is 19.7. The number of benzene rings is 2. The first-order valence-electron chi connectivity index (χ1n) is 7.90. The highest BCUT2D eigenvalue weighted by molar-refractivity contribution is 9.10. The standard InChI is InChI=1S/C19H19BrN2O4/c1-12(23)21-16-9-5-14(6-10-16)18(24)22-17(19(25)26-2)11-13-3-7-15(20)8-4-13/h3-10,17H,11H2,1-2H3,(H,21,23)(H,22,24)/t17-/m1/s1. The Morgan fingerprint density at radius 3 is 2.19 bits per heavy atom. The van der Waals surface area contributed by atoms with E-state index in [4.69, 9.17) is 4.74 Å². The van der Waals surface area contributed by atoms with E-state index in [0.29, 0.717) is 17.7 Å². The van der Waals surface area contributed by atoms with E-state index < -0.39 is 17.9 Å². The van der Waals surface area contributed by atoms with Crippen LogP contribution in [0.3, 0.4) is 0 Å². The van der Waals surface area contributed by atoms with Crippen LogP contribution in [0.15, 0.2) is 53.0 Å². The molecule has 26 heavy (non-hydrogen) atoms. The van der Waals surface area contributed by atoms with Crippen molar-refractivity contribution in [1.29, 1.82) is 0 Å². The second-order valence-corrected chi connectivity index (χ2v) is 6.55. The molecule has 0 spiro atoms. The van der Waals surface area contributed by atoms with Gasteiger partial charge in [-0.2, -0.15) is 0 Å². The van der Waals surface area contributed by atoms with Crippen LogP contribution in [0.2, 0.25) is 0 Å². The van der Waals surface area contributed by atoms with E-state index in [9.17, 15) is 14.4 Å². The highest BCUT2D eigenvalue weighted by Crippen LogP contribution is 2.13. The van der Waals surface area contributed by atoms with Crippen molar-refractivity contribution < 1.29 is 19.1 Å². The summed E-state index contributed by atoms with van der Waals surface area (Å²) in [7, 11) is 1.28. The van der Waals surface area contributed by atoms with Gasteiger partial charge in [-0.05, 0) is 42.0 Å². The molecule has 0 saturated heterocycles. The molecule has 2 rings (SSSR count). The molecule has 0 aliphatic carbocycles. The molecule has 0 aliphatic heterocycles. The van der Waals surface area contributed by atoms with Gasteiger partial charge in [0, 0.05) is 29.1 Å². The zero-order chi connectivity index (χ0) is 19.1. The Labute approximate surface area is 160 Å². The number of carbonyl (C=O) groups excluding carboxylic acids is 3. The number of esters is 1. The number of halogens is 1. The predicted octanol–water partition coefficient (Wildman–Crippen LogP) is 2.92. The molecule has 0 bridgehead atoms. The minimum absolute atomic E-state index is 0.192. The van der Waals surface area contributed by atoms with Gasteiger partial charge in [0.15, 0.2) is 0 Å². The highest BCUT2D eigenvalue weighted by atomic mass is 79.9. The number of hydrogen-bond acceptors (Lipinski definition) is 4. The van der Waals surface area contributed by atoms with Gasteiger partial charge in [0.1, 0.15) is 6.04 Å². The molecule has 1 atom stereocenters. The van der Waals surface area contributed by atoms with E-state index in [2.05, 4.69) is 26.6 Å². The number of rotatable bonds is 6. The van der Waals surface area contributed by atoms with E-state index in [1.165, 1.54) is 14.0 Å². The molecule has 2 amide bonds. The minimum atomic E-state index is -0.802. The third kappa shape index (κ3) is 5.70. The van der Waals surface area contributed by atoms with Gasteiger partial charge in [-0.25, -0.2) is 4.79 Å². The largest absolute Gasteiger partial charge is 0.467 e. The zero-order valence-corrected chi connectivity index (χ0v) is 16.0. The van der Waals surface area contributed by atoms with E-state index in [1.54, 1.807) is 24.3 Å². The van der Waals surface area contributed by atoms with Gasteiger partial charge >= 0.3 is 5.97 Å². The van der Waals surface area contributed by atoms with Gasteiger partial charge < -0.3 is 15.4 Å². The van der Waals surface area contributed by atoms with E-state index in [1.807, 2.05) is 24.3 Å². The van der Waals surface area contributed by atoms with Crippen molar-refractivity contribution in [3.8, 4) is 0 Å². The van der Waals surface area contributed by atoms with Crippen molar-refractivity contribution in [1.82, 2.24) is 5.32 Å². The Kier molecular flexibility index (Phi) is 6.91. The molecule has 0 fully saturated rings. The third-order valence-corrected chi connectivity index (χ3v) is 4.14. The molecule has 2 aromatic carbocycles. The number of ether oxygens (including phenoxy) is 1. The van der Waals surface area contributed by atoms with Crippen LogP contribution >= 0.6 is 15.9 Å². The van der Waals surface area contributed by atoms with Gasteiger partial charge in [-0.3, -0.25) is 9.59 Å². The smallest absolute Gasteiger partial charge is 0.328 e. The summed E-state index contributed by atoms with van der Waals surface area (Å²) in [6, 6.07) is 13.1. The third-order valence-electron chi connectivity index (χ3n) is 3.61. The molecular weight excluding hydrogens is 400 g/mol. The van der Waals surface area contributed by atoms with Crippen molar-refractivity contribution in [2.24, 2.45) is 0 Å². The quantitative estimate of drug-likeness (QED) is 0.706. The monoisotopic (exact) mass is 418 g/mol. The zero-order valence-electron chi connectivity index (χ0n) is 14.4. The molecule has 0 aromatic heterocycles. The van der Waals surface area contributed by atoms with Gasteiger partial charge in [0.25, 0.3) is 5.91 Å². The van der Waals surface area contributed by atoms with Crippen molar-refractivity contribution in [2.75, 3.05) is 12.4 Å². The second-order valence-electron chi connectivity index (χ2n) is 5.64. The van der Waals surface area contributed by atoms with Crippen LogP contribution in [0.4, 0.5) is 5.69 Å². The molecule has 2 N–H and O–H groups in total. The van der Waals surface area contributed by atoms with Gasteiger partial charge in [0.05, 0.1) is 7.11 Å². The summed E-state index contributed by atoms with van der Waals surface area (Å²) < 4.78 is 5.73. The fraction of sp³-hybridized carbons (Fsp3) is 0.211. The second kappa shape index (κ2) is 9.15. The van der Waals surface area contributed by atoms with Gasteiger partial charge in [-0.1, -0.05) is 28.1 Å². The van der Waals surface area contributed by atoms with Gasteiger partial charge in [-0.15, -0.1) is 0 Å². The number of hydrogen-bond donors (Lipinski definition) is 2. The van der Waals surface area contributed by atoms with Crippen LogP contribution in [0.1, 0.15) is 22.8 Å². The van der Waals surface area contributed by atoms with E-state index in [-0.39, 0.29) is 5.91 Å². The number of carbonyl (C=O) groups is 3. The Bertz CT molecular complexity index is 788. The van der Waals surface area contributed by atoms with Crippen molar-refractivity contribution >= 4 is 39.4 Å². The minimum Gasteiger partial charge on any atom is -0.467 e. The molecule has 6 nitrogen and oxygen atoms in total. The van der Waals surface area contributed by atoms with Gasteiger partial charge in [0.2, 0.25) is 5.91 Å². The lowest BCUT2D eigenvalue weighted by molar-refractivity contribution is -0.142. The van der Waals surface area contributed by atoms with E-state index in [0.717, 1.165) is 10.0 Å². The molecule has 0 radical (unpaired) electrons. The molecule has 0 aliphatic rings. The fourth-order valence-corrected chi connectivity index (χ4v) is 2.61. The summed E-state index contributed by atoms with van der Waals surface area (Å²) in [4.78, 5) is 35.5. The van der Waals surface area contributed by atoms with Crippen molar-refractivity contribution in [3.63, 3.8) is 0 Å². The first-order chi connectivity index (χ1) is 12.4. The summed E-state index contributed by atoms with van der Waals surface area (Å²) >= 11 is 3.36. The maximum absolute atomic E-state index is 12.4. The van der Waals surface area contributed by atoms with Crippen LogP contribution in [-0.4, -0.2) is 30.9 Å². The lowest BCUT2D eigenvalue weighted by Crippen LogP contribution is -2.43. The summed E-state index contributed by atoms with van der Waals surface area (Å²) in [5.74, 6) is -1.11. The Hall–Kier alpha value is -2.67. The maximum Gasteiger partial charge on any atom is 0.328 e. The molecule has 0 heterocycles. The van der Waals surface area contributed by atoms with Crippen LogP contribution in [0.5, 0.6) is 0 Å². The summed E-state index contributed by atoms with van der Waals surface area (Å²) in [6.45, 7) is 1.41.